The Hall–Kier alpha value is -1.36. The SMILES string of the molecule is CC(Oc1cccc2c1CCCC2)C(=O)NCCSCc1ccc(Cl)cc1Cl. The van der Waals surface area contributed by atoms with Gasteiger partial charge in [-0.3, -0.25) is 4.79 Å². The zero-order chi connectivity index (χ0) is 19.9. The second-order valence-corrected chi connectivity index (χ2v) is 8.89. The Morgan fingerprint density at radius 2 is 2.04 bits per heavy atom. The van der Waals surface area contributed by atoms with Crippen molar-refractivity contribution in [2.75, 3.05) is 12.3 Å². The molecule has 0 bridgehead atoms. The van der Waals surface area contributed by atoms with Gasteiger partial charge in [0.2, 0.25) is 0 Å². The average Bonchev–Trinajstić information content (AvgIpc) is 2.69. The van der Waals surface area contributed by atoms with Gasteiger partial charge in [-0.05, 0) is 67.5 Å². The van der Waals surface area contributed by atoms with Gasteiger partial charge in [0.25, 0.3) is 5.91 Å². The first-order chi connectivity index (χ1) is 13.5. The van der Waals surface area contributed by atoms with Gasteiger partial charge in [-0.2, -0.15) is 11.8 Å². The third-order valence-electron chi connectivity index (χ3n) is 4.84. The van der Waals surface area contributed by atoms with Crippen LogP contribution >= 0.6 is 35.0 Å². The van der Waals surface area contributed by atoms with Crippen LogP contribution in [0.1, 0.15) is 36.5 Å². The molecule has 0 spiro atoms. The predicted octanol–water partition coefficient (Wildman–Crippen LogP) is 5.69. The van der Waals surface area contributed by atoms with Gasteiger partial charge in [-0.25, -0.2) is 0 Å². The van der Waals surface area contributed by atoms with Crippen LogP contribution in [0.15, 0.2) is 36.4 Å². The monoisotopic (exact) mass is 437 g/mol. The quantitative estimate of drug-likeness (QED) is 0.538. The molecule has 0 saturated carbocycles. The third kappa shape index (κ3) is 5.82. The Morgan fingerprint density at radius 1 is 1.21 bits per heavy atom. The van der Waals surface area contributed by atoms with E-state index in [1.165, 1.54) is 24.0 Å². The fraction of sp³-hybridized carbons (Fsp3) is 0.409. The van der Waals surface area contributed by atoms with Crippen LogP contribution in [0.2, 0.25) is 10.0 Å². The molecule has 0 aliphatic heterocycles. The number of hydrogen-bond donors (Lipinski definition) is 1. The number of nitrogens with one attached hydrogen (secondary N) is 1. The molecule has 2 aromatic carbocycles. The van der Waals surface area contributed by atoms with Crippen LogP contribution in [0.5, 0.6) is 5.75 Å². The number of amides is 1. The van der Waals surface area contributed by atoms with Crippen molar-refractivity contribution in [3.05, 3.63) is 63.1 Å². The maximum Gasteiger partial charge on any atom is 0.260 e. The minimum absolute atomic E-state index is 0.0847. The number of hydrogen-bond acceptors (Lipinski definition) is 3. The largest absolute Gasteiger partial charge is 0.481 e. The zero-order valence-electron chi connectivity index (χ0n) is 16.0. The summed E-state index contributed by atoms with van der Waals surface area (Å²) in [5, 5.41) is 4.27. The summed E-state index contributed by atoms with van der Waals surface area (Å²) in [7, 11) is 0. The highest BCUT2D eigenvalue weighted by molar-refractivity contribution is 7.98. The number of halogens is 2. The lowest BCUT2D eigenvalue weighted by atomic mass is 9.91. The minimum atomic E-state index is -0.510. The van der Waals surface area contributed by atoms with Gasteiger partial charge in [-0.1, -0.05) is 41.4 Å². The van der Waals surface area contributed by atoms with E-state index in [0.29, 0.717) is 16.6 Å². The summed E-state index contributed by atoms with van der Waals surface area (Å²) < 4.78 is 5.98. The van der Waals surface area contributed by atoms with Crippen LogP contribution in [0.25, 0.3) is 0 Å². The first-order valence-electron chi connectivity index (χ1n) is 9.61. The van der Waals surface area contributed by atoms with Gasteiger partial charge < -0.3 is 10.1 Å². The molecule has 28 heavy (non-hydrogen) atoms. The Balaban J connectivity index is 1.41. The molecule has 0 heterocycles. The van der Waals surface area contributed by atoms with E-state index in [1.807, 2.05) is 24.3 Å². The number of ether oxygens (including phenoxy) is 1. The van der Waals surface area contributed by atoms with Crippen molar-refractivity contribution >= 4 is 40.9 Å². The molecule has 3 rings (SSSR count). The maximum atomic E-state index is 12.4. The van der Waals surface area contributed by atoms with Crippen molar-refractivity contribution in [3.63, 3.8) is 0 Å². The van der Waals surface area contributed by atoms with E-state index in [2.05, 4.69) is 11.4 Å². The molecule has 1 aliphatic rings. The Labute approximate surface area is 181 Å². The molecule has 6 heteroatoms. The highest BCUT2D eigenvalue weighted by Crippen LogP contribution is 2.30. The summed E-state index contributed by atoms with van der Waals surface area (Å²) in [6.07, 6.45) is 4.03. The van der Waals surface area contributed by atoms with E-state index in [0.717, 1.165) is 35.7 Å². The summed E-state index contributed by atoms with van der Waals surface area (Å²) in [6.45, 7) is 2.40. The Kier molecular flexibility index (Phi) is 7.95. The van der Waals surface area contributed by atoms with Crippen molar-refractivity contribution in [1.82, 2.24) is 5.32 Å². The molecule has 3 nitrogen and oxygen atoms in total. The second kappa shape index (κ2) is 10.4. The zero-order valence-corrected chi connectivity index (χ0v) is 18.3. The van der Waals surface area contributed by atoms with Crippen molar-refractivity contribution in [2.45, 2.75) is 44.5 Å². The second-order valence-electron chi connectivity index (χ2n) is 6.94. The van der Waals surface area contributed by atoms with E-state index in [1.54, 1.807) is 24.8 Å². The van der Waals surface area contributed by atoms with Crippen LogP contribution in [0.3, 0.4) is 0 Å². The van der Waals surface area contributed by atoms with E-state index < -0.39 is 6.10 Å². The fourth-order valence-electron chi connectivity index (χ4n) is 3.31. The highest BCUT2D eigenvalue weighted by atomic mass is 35.5. The summed E-state index contributed by atoms with van der Waals surface area (Å²) in [4.78, 5) is 12.4. The molecule has 150 valence electrons. The lowest BCUT2D eigenvalue weighted by molar-refractivity contribution is -0.127. The molecule has 1 amide bonds. The maximum absolute atomic E-state index is 12.4. The number of rotatable bonds is 8. The van der Waals surface area contributed by atoms with Crippen LogP contribution in [0.4, 0.5) is 0 Å². The van der Waals surface area contributed by atoms with Crippen LogP contribution in [-0.2, 0) is 23.4 Å². The lowest BCUT2D eigenvalue weighted by Crippen LogP contribution is -2.37. The molecule has 0 fully saturated rings. The first kappa shape index (κ1) is 21.4. The summed E-state index contributed by atoms with van der Waals surface area (Å²) in [5.74, 6) is 2.36. The number of carbonyl (C=O) groups excluding carboxylic acids is 1. The molecule has 1 atom stereocenters. The number of benzene rings is 2. The molecule has 0 radical (unpaired) electrons. The van der Waals surface area contributed by atoms with E-state index in [-0.39, 0.29) is 5.91 Å². The van der Waals surface area contributed by atoms with Crippen molar-refractivity contribution in [3.8, 4) is 5.75 Å². The van der Waals surface area contributed by atoms with E-state index in [9.17, 15) is 4.79 Å². The van der Waals surface area contributed by atoms with Gasteiger partial charge in [0.05, 0.1) is 0 Å². The number of aryl methyl sites for hydroxylation is 1. The molecule has 1 aliphatic carbocycles. The van der Waals surface area contributed by atoms with Crippen LogP contribution < -0.4 is 10.1 Å². The predicted molar refractivity (Wildman–Crippen MR) is 119 cm³/mol. The molecule has 1 unspecified atom stereocenters. The van der Waals surface area contributed by atoms with Crippen molar-refractivity contribution in [1.29, 1.82) is 0 Å². The third-order valence-corrected chi connectivity index (χ3v) is 6.44. The van der Waals surface area contributed by atoms with Crippen LogP contribution in [-0.4, -0.2) is 24.3 Å². The number of fused-ring (bicyclic) bond motifs is 1. The minimum Gasteiger partial charge on any atom is -0.481 e. The topological polar surface area (TPSA) is 38.3 Å². The first-order valence-corrected chi connectivity index (χ1v) is 11.5. The van der Waals surface area contributed by atoms with Crippen molar-refractivity contribution in [2.24, 2.45) is 0 Å². The van der Waals surface area contributed by atoms with Gasteiger partial charge in [0.1, 0.15) is 5.75 Å². The molecular formula is C22H25Cl2NO2S. The van der Waals surface area contributed by atoms with Crippen molar-refractivity contribution < 1.29 is 9.53 Å². The Morgan fingerprint density at radius 3 is 2.86 bits per heavy atom. The standard InChI is InChI=1S/C22H25Cl2NO2S/c1-15(27-21-8-4-6-16-5-2-3-7-19(16)21)22(26)25-11-12-28-14-17-9-10-18(23)13-20(17)24/h4,6,8-10,13,15H,2-3,5,7,11-12,14H2,1H3,(H,25,26). The fourth-order valence-corrected chi connectivity index (χ4v) is 4.73. The molecular weight excluding hydrogens is 413 g/mol. The Bertz CT molecular complexity index is 828. The average molecular weight is 438 g/mol. The lowest BCUT2D eigenvalue weighted by Gasteiger charge is -2.22. The highest BCUT2D eigenvalue weighted by Gasteiger charge is 2.19. The van der Waals surface area contributed by atoms with Gasteiger partial charge >= 0.3 is 0 Å². The van der Waals surface area contributed by atoms with Gasteiger partial charge in [0.15, 0.2) is 6.10 Å². The number of thioether (sulfide) groups is 1. The summed E-state index contributed by atoms with van der Waals surface area (Å²) >= 11 is 13.8. The summed E-state index contributed by atoms with van der Waals surface area (Å²) in [6, 6.07) is 11.7. The van der Waals surface area contributed by atoms with Crippen LogP contribution in [0, 0.1) is 0 Å². The smallest absolute Gasteiger partial charge is 0.260 e. The summed E-state index contributed by atoms with van der Waals surface area (Å²) in [5.41, 5.74) is 3.67. The molecule has 0 aromatic heterocycles. The van der Waals surface area contributed by atoms with E-state index in [4.69, 9.17) is 27.9 Å². The molecule has 2 aromatic rings. The molecule has 0 saturated heterocycles. The van der Waals surface area contributed by atoms with Gasteiger partial charge in [-0.15, -0.1) is 0 Å². The normalized spacial score (nSPS) is 14.2. The van der Waals surface area contributed by atoms with E-state index >= 15 is 0 Å². The number of carbonyl (C=O) groups is 1. The van der Waals surface area contributed by atoms with Gasteiger partial charge in [0, 0.05) is 28.1 Å². The molecule has 1 N–H and O–H groups in total.